The Morgan fingerprint density at radius 1 is 1.31 bits per heavy atom. The highest BCUT2D eigenvalue weighted by atomic mass is 19.4. The summed E-state index contributed by atoms with van der Waals surface area (Å²) >= 11 is 0. The Kier molecular flexibility index (Phi) is 5.75. The number of hydrogen-bond acceptors (Lipinski definition) is 4. The normalized spacial score (nSPS) is 28.1. The van der Waals surface area contributed by atoms with E-state index < -0.39 is 59.3 Å². The fraction of sp³-hybridized carbons (Fsp3) is 0.435. The number of aromatic nitrogens is 1. The third kappa shape index (κ3) is 3.87. The summed E-state index contributed by atoms with van der Waals surface area (Å²) in [5.74, 6) is -8.58. The fourth-order valence-corrected chi connectivity index (χ4v) is 4.86. The first-order valence-electron chi connectivity index (χ1n) is 10.6. The molecular weight excluding hydrogens is 480 g/mol. The molecule has 4 unspecified atom stereocenters. The van der Waals surface area contributed by atoms with Crippen LogP contribution in [-0.4, -0.2) is 33.7 Å². The van der Waals surface area contributed by atoms with Crippen molar-refractivity contribution in [2.45, 2.75) is 56.4 Å². The highest BCUT2D eigenvalue weighted by molar-refractivity contribution is 5.83. The summed E-state index contributed by atoms with van der Waals surface area (Å²) in [4.78, 5) is 16.9. The Hall–Kier alpha value is -3.33. The molecule has 0 spiro atoms. The summed E-state index contributed by atoms with van der Waals surface area (Å²) in [6, 6.07) is 5.71. The molecule has 2 heterocycles. The second-order valence-electron chi connectivity index (χ2n) is 8.83. The lowest BCUT2D eigenvalue weighted by Gasteiger charge is -2.32. The maximum Gasteiger partial charge on any atom is 0.417 e. The molecule has 0 radical (unpaired) electrons. The predicted octanol–water partition coefficient (Wildman–Crippen LogP) is 4.34. The van der Waals surface area contributed by atoms with E-state index in [1.807, 2.05) is 0 Å². The zero-order valence-electron chi connectivity index (χ0n) is 18.4. The molecule has 1 aromatic heterocycles. The summed E-state index contributed by atoms with van der Waals surface area (Å²) in [6.07, 6.45) is -6.72. The van der Waals surface area contributed by atoms with Crippen molar-refractivity contribution in [1.29, 1.82) is 5.26 Å². The van der Waals surface area contributed by atoms with Crippen LogP contribution in [0.2, 0.25) is 0 Å². The molecule has 35 heavy (non-hydrogen) atoms. The molecule has 1 aliphatic heterocycles. The van der Waals surface area contributed by atoms with Gasteiger partial charge in [0.1, 0.15) is 18.0 Å². The van der Waals surface area contributed by atoms with Gasteiger partial charge in [-0.2, -0.15) is 23.2 Å². The lowest BCUT2D eigenvalue weighted by Crippen LogP contribution is -2.47. The first kappa shape index (κ1) is 24.8. The third-order valence-corrected chi connectivity index (χ3v) is 6.90. The maximum absolute atomic E-state index is 14.4. The Balaban J connectivity index is 1.87. The van der Waals surface area contributed by atoms with Crippen molar-refractivity contribution in [2.75, 3.05) is 0 Å². The van der Waals surface area contributed by atoms with Crippen molar-refractivity contribution in [1.82, 2.24) is 4.73 Å². The van der Waals surface area contributed by atoms with Gasteiger partial charge in [0.25, 0.3) is 11.8 Å². The average molecular weight is 499 g/mol. The molecule has 1 aliphatic carbocycles. The Labute approximate surface area is 195 Å². The highest BCUT2D eigenvalue weighted by Gasteiger charge is 2.66. The largest absolute Gasteiger partial charge is 0.428 e. The number of ether oxygens (including phenoxy) is 1. The SMILES string of the molecule is CC1C(c2ccc(F)c3c2CCC3(F)F)C(C(=O)N=c2ccn(O)c(C#N)c2)OC1(C)C(F)(F)F. The van der Waals surface area contributed by atoms with Crippen LogP contribution >= 0.6 is 0 Å². The van der Waals surface area contributed by atoms with E-state index in [0.29, 0.717) is 4.73 Å². The summed E-state index contributed by atoms with van der Waals surface area (Å²) < 4.78 is 90.9. The monoisotopic (exact) mass is 499 g/mol. The Bertz CT molecular complexity index is 1310. The van der Waals surface area contributed by atoms with Gasteiger partial charge in [0.05, 0.1) is 10.9 Å². The van der Waals surface area contributed by atoms with E-state index in [-0.39, 0.29) is 28.6 Å². The van der Waals surface area contributed by atoms with Crippen molar-refractivity contribution in [3.8, 4) is 6.07 Å². The van der Waals surface area contributed by atoms with Crippen LogP contribution in [0, 0.1) is 23.1 Å². The van der Waals surface area contributed by atoms with Crippen LogP contribution in [0.1, 0.15) is 48.6 Å². The van der Waals surface area contributed by atoms with E-state index in [1.165, 1.54) is 6.92 Å². The topological polar surface area (TPSA) is 87.6 Å². The molecule has 1 N–H and O–H groups in total. The summed E-state index contributed by atoms with van der Waals surface area (Å²) in [5.41, 5.74) is -4.15. The zero-order chi connectivity index (χ0) is 25.9. The molecule has 1 saturated heterocycles. The van der Waals surface area contributed by atoms with Crippen molar-refractivity contribution in [3.05, 3.63) is 64.0 Å². The van der Waals surface area contributed by atoms with Gasteiger partial charge in [-0.3, -0.25) is 4.79 Å². The molecular formula is C23H19F6N3O3. The van der Waals surface area contributed by atoms with Crippen LogP contribution in [-0.2, 0) is 21.9 Å². The fourth-order valence-electron chi connectivity index (χ4n) is 4.86. The number of rotatable bonds is 2. The number of nitrogens with zero attached hydrogens (tertiary/aromatic N) is 3. The predicted molar refractivity (Wildman–Crippen MR) is 107 cm³/mol. The van der Waals surface area contributed by atoms with Crippen LogP contribution in [0.3, 0.4) is 0 Å². The van der Waals surface area contributed by atoms with E-state index >= 15 is 0 Å². The zero-order valence-corrected chi connectivity index (χ0v) is 18.4. The minimum absolute atomic E-state index is 0.0217. The van der Waals surface area contributed by atoms with Crippen molar-refractivity contribution >= 4 is 5.91 Å². The number of halogens is 6. The smallest absolute Gasteiger partial charge is 0.417 e. The van der Waals surface area contributed by atoms with Crippen LogP contribution < -0.4 is 5.36 Å². The van der Waals surface area contributed by atoms with Gasteiger partial charge in [0.2, 0.25) is 0 Å². The van der Waals surface area contributed by atoms with Gasteiger partial charge < -0.3 is 9.94 Å². The molecule has 6 nitrogen and oxygen atoms in total. The highest BCUT2D eigenvalue weighted by Crippen LogP contribution is 2.56. The van der Waals surface area contributed by atoms with Gasteiger partial charge in [0, 0.05) is 30.5 Å². The van der Waals surface area contributed by atoms with E-state index in [1.54, 1.807) is 6.07 Å². The quantitative estimate of drug-likeness (QED) is 0.492. The number of alkyl halides is 5. The lowest BCUT2D eigenvalue weighted by molar-refractivity contribution is -0.272. The van der Waals surface area contributed by atoms with Gasteiger partial charge in [-0.15, -0.1) is 0 Å². The molecule has 1 fully saturated rings. The van der Waals surface area contributed by atoms with Crippen molar-refractivity contribution < 1.29 is 41.1 Å². The Morgan fingerprint density at radius 3 is 2.63 bits per heavy atom. The van der Waals surface area contributed by atoms with Gasteiger partial charge in [-0.05, 0) is 36.6 Å². The molecule has 1 aromatic carbocycles. The molecule has 186 valence electrons. The minimum Gasteiger partial charge on any atom is -0.428 e. The minimum atomic E-state index is -4.92. The molecule has 0 bridgehead atoms. The number of benzene rings is 1. The number of pyridine rings is 1. The molecule has 0 saturated carbocycles. The van der Waals surface area contributed by atoms with Crippen molar-refractivity contribution in [2.24, 2.45) is 10.9 Å². The number of hydrogen-bond donors (Lipinski definition) is 1. The standard InChI is InChI=1S/C23H19F6N3O3/c1-11-17(14-3-4-16(24)18-15(14)5-7-22(18,25)26)19(35-21(11,2)23(27,28)29)20(33)31-12-6-8-32(34)13(9-12)10-30/h3-4,6,8-9,11,17,19,34H,5,7H2,1-2H3. The molecule has 12 heteroatoms. The maximum atomic E-state index is 14.4. The first-order valence-corrected chi connectivity index (χ1v) is 10.6. The number of fused-ring (bicyclic) bond motifs is 1. The van der Waals surface area contributed by atoms with Crippen LogP contribution in [0.4, 0.5) is 26.3 Å². The number of nitriles is 1. The van der Waals surface area contributed by atoms with E-state index in [2.05, 4.69) is 4.99 Å². The summed E-state index contributed by atoms with van der Waals surface area (Å²) in [7, 11) is 0. The van der Waals surface area contributed by atoms with E-state index in [9.17, 15) is 36.3 Å². The van der Waals surface area contributed by atoms with Crippen LogP contribution in [0.15, 0.2) is 35.5 Å². The second-order valence-corrected chi connectivity index (χ2v) is 8.83. The van der Waals surface area contributed by atoms with Crippen LogP contribution in [0.25, 0.3) is 0 Å². The summed E-state index contributed by atoms with van der Waals surface area (Å²) in [5, 5.41) is 18.4. The molecule has 2 aliphatic rings. The average Bonchev–Trinajstić information content (AvgIpc) is 3.24. The summed E-state index contributed by atoms with van der Waals surface area (Å²) in [6.45, 7) is 1.96. The van der Waals surface area contributed by atoms with Gasteiger partial charge in [-0.1, -0.05) is 13.0 Å². The van der Waals surface area contributed by atoms with E-state index in [4.69, 9.17) is 10.00 Å². The molecule has 2 aromatic rings. The van der Waals surface area contributed by atoms with Gasteiger partial charge >= 0.3 is 6.18 Å². The Morgan fingerprint density at radius 2 is 2.00 bits per heavy atom. The van der Waals surface area contributed by atoms with Crippen molar-refractivity contribution in [3.63, 3.8) is 0 Å². The second kappa shape index (κ2) is 8.12. The number of carbonyl (C=O) groups excluding carboxylic acids is 1. The number of carbonyl (C=O) groups is 1. The van der Waals surface area contributed by atoms with Gasteiger partial charge in [0.15, 0.2) is 11.3 Å². The van der Waals surface area contributed by atoms with Gasteiger partial charge in [-0.25, -0.2) is 18.2 Å². The third-order valence-electron chi connectivity index (χ3n) is 6.90. The van der Waals surface area contributed by atoms with E-state index in [0.717, 1.165) is 37.4 Å². The first-order chi connectivity index (χ1) is 16.2. The number of amides is 1. The molecule has 4 atom stereocenters. The molecule has 4 rings (SSSR count). The molecule has 1 amide bonds. The lowest BCUT2D eigenvalue weighted by atomic mass is 9.75. The van der Waals surface area contributed by atoms with Crippen LogP contribution in [0.5, 0.6) is 0 Å².